The number of hydrogen-bond acceptors (Lipinski definition) is 9. The van der Waals surface area contributed by atoms with Gasteiger partial charge in [0.05, 0.1) is 17.7 Å². The predicted molar refractivity (Wildman–Crippen MR) is 157 cm³/mol. The number of nitrogens with zero attached hydrogens (tertiary/aromatic N) is 6. The molecule has 0 bridgehead atoms. The second-order valence-corrected chi connectivity index (χ2v) is 12.3. The second-order valence-electron chi connectivity index (χ2n) is 11.2. The van der Waals surface area contributed by atoms with Crippen molar-refractivity contribution in [3.05, 3.63) is 46.3 Å². The second kappa shape index (κ2) is 12.7. The Hall–Kier alpha value is -3.36. The Bertz CT molecular complexity index is 1470. The van der Waals surface area contributed by atoms with Gasteiger partial charge in [0.15, 0.2) is 5.13 Å². The number of rotatable bonds is 9. The molecule has 232 valence electrons. The summed E-state index contributed by atoms with van der Waals surface area (Å²) in [6, 6.07) is 4.79. The first-order chi connectivity index (χ1) is 20.4. The number of alkyl halides is 3. The number of aliphatic carboxylic acids is 1. The minimum Gasteiger partial charge on any atom is -0.481 e. The van der Waals surface area contributed by atoms with Crippen LogP contribution in [-0.2, 0) is 17.5 Å². The number of anilines is 3. The third kappa shape index (κ3) is 7.60. The van der Waals surface area contributed by atoms with Gasteiger partial charge >= 0.3 is 12.1 Å². The van der Waals surface area contributed by atoms with Crippen molar-refractivity contribution in [1.82, 2.24) is 24.8 Å². The van der Waals surface area contributed by atoms with Crippen molar-refractivity contribution in [3.8, 4) is 11.3 Å². The molecule has 2 atom stereocenters. The van der Waals surface area contributed by atoms with Crippen LogP contribution in [0.4, 0.5) is 34.3 Å². The summed E-state index contributed by atoms with van der Waals surface area (Å²) in [4.78, 5) is 32.1. The lowest BCUT2D eigenvalue weighted by Gasteiger charge is -2.40. The molecule has 0 radical (unpaired) electrons. The van der Waals surface area contributed by atoms with E-state index in [4.69, 9.17) is 5.11 Å². The molecule has 2 saturated heterocycles. The molecule has 0 aliphatic carbocycles. The third-order valence-corrected chi connectivity index (χ3v) is 8.95. The highest BCUT2D eigenvalue weighted by molar-refractivity contribution is 7.16. The Morgan fingerprint density at radius 1 is 1.07 bits per heavy atom. The van der Waals surface area contributed by atoms with E-state index in [1.165, 1.54) is 11.3 Å². The Morgan fingerprint density at radius 2 is 1.86 bits per heavy atom. The molecule has 2 aliphatic rings. The highest BCUT2D eigenvalue weighted by Gasteiger charge is 2.32. The third-order valence-electron chi connectivity index (χ3n) is 7.99. The van der Waals surface area contributed by atoms with E-state index < -0.39 is 23.5 Å². The molecule has 0 saturated carbocycles. The molecule has 14 heteroatoms. The van der Waals surface area contributed by atoms with E-state index in [9.17, 15) is 22.4 Å². The molecular weight excluding hydrogens is 586 g/mol. The summed E-state index contributed by atoms with van der Waals surface area (Å²) in [6.45, 7) is 9.83. The maximum absolute atomic E-state index is 14.4. The van der Waals surface area contributed by atoms with Crippen molar-refractivity contribution in [1.29, 1.82) is 0 Å². The smallest absolute Gasteiger partial charge is 0.416 e. The van der Waals surface area contributed by atoms with Gasteiger partial charge in [-0.25, -0.2) is 19.3 Å². The van der Waals surface area contributed by atoms with Gasteiger partial charge in [0.2, 0.25) is 0 Å². The molecule has 1 aromatic carbocycles. The average Bonchev–Trinajstić information content (AvgIpc) is 3.52. The van der Waals surface area contributed by atoms with Crippen molar-refractivity contribution in [2.75, 3.05) is 42.9 Å². The summed E-state index contributed by atoms with van der Waals surface area (Å²) in [5.41, 5.74) is -0.666. The minimum atomic E-state index is -4.69. The van der Waals surface area contributed by atoms with E-state index >= 15 is 0 Å². The van der Waals surface area contributed by atoms with Crippen molar-refractivity contribution in [3.63, 3.8) is 0 Å². The molecule has 2 fully saturated rings. The van der Waals surface area contributed by atoms with Crippen LogP contribution in [0.3, 0.4) is 0 Å². The maximum atomic E-state index is 14.4. The lowest BCUT2D eigenvalue weighted by atomic mass is 10.1. The Kier molecular flexibility index (Phi) is 9.18. The van der Waals surface area contributed by atoms with Crippen LogP contribution in [-0.4, -0.2) is 80.6 Å². The summed E-state index contributed by atoms with van der Waals surface area (Å²) >= 11 is 1.32. The van der Waals surface area contributed by atoms with Crippen molar-refractivity contribution in [2.24, 2.45) is 0 Å². The topological polar surface area (TPSA) is 97.7 Å². The number of halogens is 4. The van der Waals surface area contributed by atoms with Crippen LogP contribution in [0.2, 0.25) is 0 Å². The van der Waals surface area contributed by atoms with Gasteiger partial charge in [-0.3, -0.25) is 14.6 Å². The molecule has 0 unspecified atom stereocenters. The molecule has 2 N–H and O–H groups in total. The number of nitrogens with one attached hydrogen (secondary N) is 1. The van der Waals surface area contributed by atoms with Gasteiger partial charge in [0.1, 0.15) is 23.3 Å². The molecular formula is C29H35F4N7O2S. The van der Waals surface area contributed by atoms with Crippen LogP contribution in [0, 0.1) is 12.7 Å². The minimum absolute atomic E-state index is 0.0767. The number of likely N-dealkylation sites (tertiary alicyclic amines) is 1. The van der Waals surface area contributed by atoms with Crippen LogP contribution in [0.25, 0.3) is 11.3 Å². The highest BCUT2D eigenvalue weighted by Crippen LogP contribution is 2.38. The predicted octanol–water partition coefficient (Wildman–Crippen LogP) is 5.78. The van der Waals surface area contributed by atoms with Gasteiger partial charge in [0.25, 0.3) is 0 Å². The SMILES string of the molecule is Cc1nc(Nc2nc(-c3cc(F)cc(C(F)(F)F)c3)c(CN3CCC[C@H]3C)s2)cc(N2CCN(CCC(=O)O)[C@H](C)C2)n1. The first-order valence-corrected chi connectivity index (χ1v) is 15.1. The van der Waals surface area contributed by atoms with Gasteiger partial charge in [0, 0.05) is 61.3 Å². The molecule has 43 heavy (non-hydrogen) atoms. The van der Waals surface area contributed by atoms with Gasteiger partial charge in [-0.05, 0) is 58.4 Å². The van der Waals surface area contributed by atoms with E-state index in [-0.39, 0.29) is 18.0 Å². The zero-order valence-corrected chi connectivity index (χ0v) is 25.1. The Balaban J connectivity index is 1.41. The van der Waals surface area contributed by atoms with E-state index in [1.54, 1.807) is 13.0 Å². The fourth-order valence-corrected chi connectivity index (χ4v) is 6.72. The normalized spacial score (nSPS) is 20.1. The van der Waals surface area contributed by atoms with E-state index in [0.29, 0.717) is 73.1 Å². The Morgan fingerprint density at radius 3 is 2.53 bits per heavy atom. The van der Waals surface area contributed by atoms with Crippen molar-refractivity contribution in [2.45, 2.75) is 64.8 Å². The van der Waals surface area contributed by atoms with Crippen LogP contribution in [0.1, 0.15) is 49.4 Å². The fraction of sp³-hybridized carbons (Fsp3) is 0.517. The lowest BCUT2D eigenvalue weighted by Crippen LogP contribution is -2.52. The summed E-state index contributed by atoms with van der Waals surface area (Å²) in [5.74, 6) is -0.0639. The fourth-order valence-electron chi connectivity index (χ4n) is 5.70. The first-order valence-electron chi connectivity index (χ1n) is 14.3. The lowest BCUT2D eigenvalue weighted by molar-refractivity contribution is -0.138. The van der Waals surface area contributed by atoms with Gasteiger partial charge < -0.3 is 15.3 Å². The number of carboxylic acids is 1. The number of hydrogen-bond donors (Lipinski definition) is 2. The van der Waals surface area contributed by atoms with Crippen LogP contribution in [0.15, 0.2) is 24.3 Å². The number of carboxylic acid groups (broad SMARTS) is 1. The number of aryl methyl sites for hydroxylation is 1. The molecule has 2 aromatic heterocycles. The van der Waals surface area contributed by atoms with E-state index in [0.717, 1.165) is 36.4 Å². The molecule has 0 amide bonds. The van der Waals surface area contributed by atoms with Crippen molar-refractivity contribution >= 4 is 34.1 Å². The summed E-state index contributed by atoms with van der Waals surface area (Å²) in [5, 5.41) is 12.7. The number of benzene rings is 1. The van der Waals surface area contributed by atoms with E-state index in [2.05, 4.69) is 48.8 Å². The van der Waals surface area contributed by atoms with Gasteiger partial charge in [-0.2, -0.15) is 13.2 Å². The van der Waals surface area contributed by atoms with E-state index in [1.807, 2.05) is 0 Å². The standard InChI is InChI=1S/C29H35F4N7O2S/c1-17-5-4-7-39(17)16-23-27(20-11-21(29(31,32)33)13-22(30)12-20)37-28(43-23)36-24-14-25(35-19(3)34-24)40-10-9-38(18(2)15-40)8-6-26(41)42/h11-14,17-18H,4-10,15-16H2,1-3H3,(H,41,42)(H,34,35,36,37)/t17-,18-/m1/s1. The zero-order chi connectivity index (χ0) is 30.9. The average molecular weight is 622 g/mol. The number of piperazine rings is 1. The first kappa shape index (κ1) is 31.1. The number of aromatic nitrogens is 3. The largest absolute Gasteiger partial charge is 0.481 e. The van der Waals surface area contributed by atoms with Crippen LogP contribution >= 0.6 is 11.3 Å². The monoisotopic (exact) mass is 621 g/mol. The molecule has 3 aromatic rings. The number of carbonyl (C=O) groups is 1. The quantitative estimate of drug-likeness (QED) is 0.288. The summed E-state index contributed by atoms with van der Waals surface area (Å²) in [7, 11) is 0. The Labute approximate surface area is 251 Å². The van der Waals surface area contributed by atoms with Crippen molar-refractivity contribution < 1.29 is 27.5 Å². The molecule has 4 heterocycles. The van der Waals surface area contributed by atoms with Gasteiger partial charge in [-0.15, -0.1) is 0 Å². The molecule has 5 rings (SSSR count). The zero-order valence-electron chi connectivity index (χ0n) is 24.3. The van der Waals surface area contributed by atoms with Crippen LogP contribution < -0.4 is 10.2 Å². The van der Waals surface area contributed by atoms with Gasteiger partial charge in [-0.1, -0.05) is 11.3 Å². The van der Waals surface area contributed by atoms with Crippen LogP contribution in [0.5, 0.6) is 0 Å². The highest BCUT2D eigenvalue weighted by atomic mass is 32.1. The number of thiazole rings is 1. The molecule has 0 spiro atoms. The maximum Gasteiger partial charge on any atom is 0.416 e. The molecule has 2 aliphatic heterocycles. The summed E-state index contributed by atoms with van der Waals surface area (Å²) < 4.78 is 55.0. The summed E-state index contributed by atoms with van der Waals surface area (Å²) in [6.07, 6.45) is -2.53. The molecule has 9 nitrogen and oxygen atoms in total.